The number of carbonyl (C=O) groups is 4. The molecular weight excluding hydrogens is 811 g/mol. The van der Waals surface area contributed by atoms with E-state index in [1.807, 2.05) is 41.5 Å². The Kier molecular flexibility index (Phi) is 18.6. The molecule has 3 N–H and O–H groups in total. The standard InChI is InChI=1S/C23H38N4O5.C23H37N3O5/c1-23(2,3)31-22(29)27-14-8-13-18(27)20-24-21(32-26-20)17(15-19(28)25-30)12-7-11-16-9-5-4-6-10-16;1-23(2,3)30-22(29)26-14-8-13-18(26)20-24-21(31-25-20)17(15-19(27)28)12-7-11-16-9-5-4-6-10-16/h16-18,30H,4-15H2,1-3H3,(H,25,28);16-18H,4-15H2,1-3H3,(H,27,28)/t2*17-,18?/m11/s1. The number of carbonyl (C=O) groups excluding carboxylic acids is 3. The van der Waals surface area contributed by atoms with Crippen molar-refractivity contribution >= 4 is 24.1 Å². The molecule has 6 rings (SSSR count). The first-order chi connectivity index (χ1) is 30.0. The second-order valence-electron chi connectivity index (χ2n) is 20.2. The van der Waals surface area contributed by atoms with E-state index in [0.717, 1.165) is 76.0 Å². The molecule has 0 spiro atoms. The maximum Gasteiger partial charge on any atom is 0.410 e. The lowest BCUT2D eigenvalue weighted by atomic mass is 9.84. The number of hydrogen-bond acceptors (Lipinski definition) is 13. The van der Waals surface area contributed by atoms with E-state index < -0.39 is 23.1 Å². The van der Waals surface area contributed by atoms with Crippen LogP contribution in [0.5, 0.6) is 0 Å². The summed E-state index contributed by atoms with van der Waals surface area (Å²) in [5.74, 6) is 1.30. The first kappa shape index (κ1) is 49.7. The molecule has 2 unspecified atom stereocenters. The van der Waals surface area contributed by atoms with Crippen LogP contribution >= 0.6 is 0 Å². The fourth-order valence-electron chi connectivity index (χ4n) is 9.61. The molecule has 2 aromatic rings. The number of hydrogen-bond donors (Lipinski definition) is 3. The molecule has 3 amide bonds. The molecule has 17 heteroatoms. The highest BCUT2D eigenvalue weighted by atomic mass is 16.6. The minimum absolute atomic E-state index is 0.0211. The van der Waals surface area contributed by atoms with Gasteiger partial charge >= 0.3 is 18.2 Å². The van der Waals surface area contributed by atoms with Gasteiger partial charge in [-0.05, 0) is 91.9 Å². The van der Waals surface area contributed by atoms with Crippen LogP contribution in [0.2, 0.25) is 0 Å². The summed E-state index contributed by atoms with van der Waals surface area (Å²) < 4.78 is 22.1. The summed E-state index contributed by atoms with van der Waals surface area (Å²) in [5, 5.41) is 26.7. The average molecular weight is 886 g/mol. The number of hydroxylamine groups is 1. The van der Waals surface area contributed by atoms with E-state index >= 15 is 0 Å². The minimum Gasteiger partial charge on any atom is -0.481 e. The van der Waals surface area contributed by atoms with Crippen LogP contribution in [0.4, 0.5) is 9.59 Å². The molecule has 2 saturated heterocycles. The highest BCUT2D eigenvalue weighted by Gasteiger charge is 2.38. The summed E-state index contributed by atoms with van der Waals surface area (Å²) in [6.45, 7) is 12.2. The molecule has 4 aliphatic rings. The molecule has 0 bridgehead atoms. The van der Waals surface area contributed by atoms with Crippen LogP contribution in [0.25, 0.3) is 0 Å². The van der Waals surface area contributed by atoms with Crippen molar-refractivity contribution in [2.45, 2.75) is 218 Å². The zero-order valence-corrected chi connectivity index (χ0v) is 38.8. The van der Waals surface area contributed by atoms with Gasteiger partial charge in [0.25, 0.3) is 0 Å². The Morgan fingerprint density at radius 1 is 0.651 bits per heavy atom. The molecular formula is C46H75N7O10. The predicted octanol–water partition coefficient (Wildman–Crippen LogP) is 10.3. The average Bonchev–Trinajstić information content (AvgIpc) is 4.07. The fraction of sp³-hybridized carbons (Fsp3) is 0.826. The van der Waals surface area contributed by atoms with Gasteiger partial charge in [0.2, 0.25) is 17.7 Å². The third-order valence-electron chi connectivity index (χ3n) is 12.7. The van der Waals surface area contributed by atoms with E-state index in [2.05, 4.69) is 20.3 Å². The van der Waals surface area contributed by atoms with Crippen molar-refractivity contribution in [3.05, 3.63) is 23.4 Å². The molecule has 2 aliphatic heterocycles. The summed E-state index contributed by atoms with van der Waals surface area (Å²) >= 11 is 0. The molecule has 63 heavy (non-hydrogen) atoms. The lowest BCUT2D eigenvalue weighted by Gasteiger charge is -2.27. The molecule has 4 heterocycles. The predicted molar refractivity (Wildman–Crippen MR) is 232 cm³/mol. The van der Waals surface area contributed by atoms with E-state index in [9.17, 15) is 24.3 Å². The van der Waals surface area contributed by atoms with Gasteiger partial charge in [-0.1, -0.05) is 100 Å². The lowest BCUT2D eigenvalue weighted by molar-refractivity contribution is -0.137. The number of nitrogens with zero attached hydrogens (tertiary/aromatic N) is 6. The second-order valence-corrected chi connectivity index (χ2v) is 20.2. The third-order valence-corrected chi connectivity index (χ3v) is 12.7. The van der Waals surface area contributed by atoms with Gasteiger partial charge in [-0.3, -0.25) is 24.6 Å². The molecule has 2 aromatic heterocycles. The van der Waals surface area contributed by atoms with Crippen LogP contribution in [-0.4, -0.2) is 88.7 Å². The summed E-state index contributed by atoms with van der Waals surface area (Å²) in [6, 6.07) is -0.586. The summed E-state index contributed by atoms with van der Waals surface area (Å²) in [4.78, 5) is 60.9. The van der Waals surface area contributed by atoms with Crippen molar-refractivity contribution in [1.29, 1.82) is 0 Å². The van der Waals surface area contributed by atoms with Crippen LogP contribution in [0, 0.1) is 11.8 Å². The maximum atomic E-state index is 12.6. The smallest absolute Gasteiger partial charge is 0.410 e. The summed E-state index contributed by atoms with van der Waals surface area (Å²) in [5.41, 5.74) is 0.565. The highest BCUT2D eigenvalue weighted by molar-refractivity contribution is 5.75. The molecule has 0 aromatic carbocycles. The number of rotatable bonds is 16. The Hall–Kier alpha value is -4.28. The normalized spacial score (nSPS) is 21.1. The number of likely N-dealkylation sites (tertiary alicyclic amines) is 2. The van der Waals surface area contributed by atoms with Crippen LogP contribution in [0.15, 0.2) is 9.05 Å². The van der Waals surface area contributed by atoms with Gasteiger partial charge in [0, 0.05) is 31.3 Å². The Morgan fingerprint density at radius 3 is 1.44 bits per heavy atom. The number of amides is 3. The van der Waals surface area contributed by atoms with Crippen molar-refractivity contribution in [1.82, 2.24) is 35.6 Å². The first-order valence-corrected chi connectivity index (χ1v) is 23.8. The second kappa shape index (κ2) is 23.6. The lowest BCUT2D eigenvalue weighted by Crippen LogP contribution is -2.36. The van der Waals surface area contributed by atoms with Crippen molar-refractivity contribution in [2.24, 2.45) is 11.8 Å². The van der Waals surface area contributed by atoms with E-state index in [4.69, 9.17) is 23.7 Å². The Morgan fingerprint density at radius 2 is 1.06 bits per heavy atom. The Labute approximate surface area is 373 Å². The van der Waals surface area contributed by atoms with Crippen LogP contribution in [0.3, 0.4) is 0 Å². The monoisotopic (exact) mass is 886 g/mol. The number of carboxylic acid groups (broad SMARTS) is 1. The number of carboxylic acids is 1. The van der Waals surface area contributed by atoms with Crippen molar-refractivity contribution in [3.63, 3.8) is 0 Å². The highest BCUT2D eigenvalue weighted by Crippen LogP contribution is 2.37. The van der Waals surface area contributed by atoms with Gasteiger partial charge in [0.05, 0.1) is 18.5 Å². The zero-order valence-electron chi connectivity index (χ0n) is 38.8. The number of aliphatic carboxylic acids is 1. The SMILES string of the molecule is CC(C)(C)OC(=O)N1CCCC1c1noc([C@H](CCCC2CCCCC2)CC(=O)NO)n1.CC(C)(C)OC(=O)N1CCCC1c1noc([C@H](CCCC2CCCCC2)CC(=O)O)n1. The molecule has 354 valence electrons. The van der Waals surface area contributed by atoms with Crippen molar-refractivity contribution in [2.75, 3.05) is 13.1 Å². The topological polar surface area (TPSA) is 224 Å². The van der Waals surface area contributed by atoms with Crippen LogP contribution in [-0.2, 0) is 19.1 Å². The van der Waals surface area contributed by atoms with Crippen molar-refractivity contribution in [3.8, 4) is 0 Å². The van der Waals surface area contributed by atoms with Gasteiger partial charge in [-0.2, -0.15) is 9.97 Å². The molecule has 17 nitrogen and oxygen atoms in total. The third kappa shape index (κ3) is 16.0. The quantitative estimate of drug-likeness (QED) is 0.105. The molecule has 4 atom stereocenters. The first-order valence-electron chi connectivity index (χ1n) is 23.8. The van der Waals surface area contributed by atoms with Crippen LogP contribution in [0.1, 0.15) is 230 Å². The minimum atomic E-state index is -0.862. The number of aromatic nitrogens is 4. The van der Waals surface area contributed by atoms with Gasteiger partial charge in [-0.15, -0.1) is 0 Å². The van der Waals surface area contributed by atoms with Gasteiger partial charge in [-0.25, -0.2) is 15.1 Å². The number of nitrogens with one attached hydrogen (secondary N) is 1. The van der Waals surface area contributed by atoms with Gasteiger partial charge < -0.3 is 23.6 Å². The molecule has 0 radical (unpaired) electrons. The van der Waals surface area contributed by atoms with E-state index in [1.54, 1.807) is 15.3 Å². The number of ether oxygens (including phenoxy) is 2. The molecule has 2 saturated carbocycles. The summed E-state index contributed by atoms with van der Waals surface area (Å²) in [6.07, 6.45) is 21.2. The van der Waals surface area contributed by atoms with E-state index in [0.29, 0.717) is 36.5 Å². The van der Waals surface area contributed by atoms with Gasteiger partial charge in [0.1, 0.15) is 11.2 Å². The maximum absolute atomic E-state index is 12.6. The Balaban J connectivity index is 0.000000238. The van der Waals surface area contributed by atoms with Gasteiger partial charge in [0.15, 0.2) is 11.6 Å². The molecule has 4 fully saturated rings. The largest absolute Gasteiger partial charge is 0.481 e. The fourth-order valence-corrected chi connectivity index (χ4v) is 9.61. The summed E-state index contributed by atoms with van der Waals surface area (Å²) in [7, 11) is 0. The zero-order chi connectivity index (χ0) is 45.6. The van der Waals surface area contributed by atoms with E-state index in [1.165, 1.54) is 64.2 Å². The van der Waals surface area contributed by atoms with Crippen molar-refractivity contribution < 1.29 is 48.0 Å². The van der Waals surface area contributed by atoms with E-state index in [-0.39, 0.29) is 48.9 Å². The molecule has 2 aliphatic carbocycles. The van der Waals surface area contributed by atoms with Crippen LogP contribution < -0.4 is 5.48 Å². The Bertz CT molecular complexity index is 1740.